The van der Waals surface area contributed by atoms with Gasteiger partial charge in [0, 0.05) is 5.56 Å². The molecule has 0 fully saturated rings. The molecule has 0 saturated carbocycles. The van der Waals surface area contributed by atoms with E-state index in [9.17, 15) is 9.18 Å². The van der Waals surface area contributed by atoms with E-state index in [-0.39, 0.29) is 11.5 Å². The number of ether oxygens (including phenoxy) is 1. The molecule has 5 nitrogen and oxygen atoms in total. The van der Waals surface area contributed by atoms with Crippen molar-refractivity contribution < 1.29 is 18.3 Å². The molecule has 2 aromatic rings. The fraction of sp³-hybridized carbons (Fsp3) is 0.231. The average Bonchev–Trinajstić information content (AvgIpc) is 2.87. The summed E-state index contributed by atoms with van der Waals surface area (Å²) in [6.45, 7) is 1.21. The van der Waals surface area contributed by atoms with E-state index < -0.39 is 12.2 Å². The number of nitrogens with zero attached hydrogens (tertiary/aromatic N) is 1. The van der Waals surface area contributed by atoms with Gasteiger partial charge in [-0.3, -0.25) is 4.79 Å². The molecule has 1 amide bonds. The Morgan fingerprint density at radius 3 is 2.90 bits per heavy atom. The number of oxazole rings is 1. The molecule has 0 aliphatic rings. The first-order chi connectivity index (χ1) is 9.52. The molecular formula is C13H12ClFN2O3. The maximum Gasteiger partial charge on any atom is 0.276 e. The van der Waals surface area contributed by atoms with E-state index in [0.29, 0.717) is 16.3 Å². The van der Waals surface area contributed by atoms with Gasteiger partial charge in [0.25, 0.3) is 5.91 Å². The van der Waals surface area contributed by atoms with E-state index in [1.807, 2.05) is 0 Å². The van der Waals surface area contributed by atoms with Crippen LogP contribution in [0.3, 0.4) is 0 Å². The number of halogens is 2. The van der Waals surface area contributed by atoms with Gasteiger partial charge in [0.05, 0.1) is 12.1 Å². The molecule has 2 rings (SSSR count). The summed E-state index contributed by atoms with van der Waals surface area (Å²) in [6.07, 6.45) is -0.364. The molecule has 1 atom stereocenters. The standard InChI is InChI=1S/C13H12ClFN2O3/c1-7(15)17-13(18)11-12(20-6-16-11)8-3-4-10(19-2)9(14)5-8/h3-7H,1-2H3,(H,17,18)/i15-1. The number of alkyl halides is 1. The van der Waals surface area contributed by atoms with Crippen LogP contribution in [0.2, 0.25) is 5.02 Å². The van der Waals surface area contributed by atoms with Crippen LogP contribution in [-0.2, 0) is 0 Å². The summed E-state index contributed by atoms with van der Waals surface area (Å²) in [6, 6.07) is 4.89. The van der Waals surface area contributed by atoms with Gasteiger partial charge in [0.1, 0.15) is 5.75 Å². The summed E-state index contributed by atoms with van der Waals surface area (Å²) in [5, 5.41) is 2.47. The van der Waals surface area contributed by atoms with Gasteiger partial charge in [-0.2, -0.15) is 0 Å². The molecule has 1 heterocycles. The topological polar surface area (TPSA) is 64.4 Å². The third kappa shape index (κ3) is 2.91. The van der Waals surface area contributed by atoms with Crippen molar-refractivity contribution in [2.24, 2.45) is 0 Å². The van der Waals surface area contributed by atoms with E-state index in [0.717, 1.165) is 6.39 Å². The maximum atomic E-state index is 12.8. The lowest BCUT2D eigenvalue weighted by atomic mass is 10.1. The van der Waals surface area contributed by atoms with Gasteiger partial charge >= 0.3 is 0 Å². The highest BCUT2D eigenvalue weighted by Crippen LogP contribution is 2.31. The Kier molecular flexibility index (Phi) is 4.24. The molecule has 0 bridgehead atoms. The minimum absolute atomic E-state index is 0.00395. The quantitative estimate of drug-likeness (QED) is 0.881. The highest BCUT2D eigenvalue weighted by atomic mass is 35.5. The van der Waals surface area contributed by atoms with Crippen LogP contribution in [0.4, 0.5) is 4.39 Å². The Morgan fingerprint density at radius 1 is 1.55 bits per heavy atom. The highest BCUT2D eigenvalue weighted by Gasteiger charge is 2.20. The number of nitrogens with one attached hydrogen (secondary N) is 1. The van der Waals surface area contributed by atoms with Crippen molar-refractivity contribution >= 4 is 17.5 Å². The van der Waals surface area contributed by atoms with Crippen LogP contribution in [0, 0.1) is 0 Å². The lowest BCUT2D eigenvalue weighted by Gasteiger charge is -2.06. The lowest BCUT2D eigenvalue weighted by Crippen LogP contribution is -2.29. The number of rotatable bonds is 4. The number of carbonyl (C=O) groups excluding carboxylic acids is 1. The molecule has 0 aliphatic heterocycles. The zero-order valence-corrected chi connectivity index (χ0v) is 11.6. The van der Waals surface area contributed by atoms with Gasteiger partial charge in [0.15, 0.2) is 24.1 Å². The zero-order chi connectivity index (χ0) is 14.7. The highest BCUT2D eigenvalue weighted by molar-refractivity contribution is 6.32. The second-order valence-corrected chi connectivity index (χ2v) is 4.38. The van der Waals surface area contributed by atoms with Crippen LogP contribution >= 0.6 is 11.6 Å². The maximum absolute atomic E-state index is 12.8. The lowest BCUT2D eigenvalue weighted by molar-refractivity contribution is 0.0900. The van der Waals surface area contributed by atoms with Crippen molar-refractivity contribution in [1.29, 1.82) is 0 Å². The van der Waals surface area contributed by atoms with Crippen molar-refractivity contribution in [2.75, 3.05) is 7.11 Å². The molecular weight excluding hydrogens is 286 g/mol. The summed E-state index contributed by atoms with van der Waals surface area (Å²) < 4.78 is 23.0. The molecule has 1 unspecified atom stereocenters. The second-order valence-electron chi connectivity index (χ2n) is 3.97. The first-order valence-electron chi connectivity index (χ1n) is 5.75. The van der Waals surface area contributed by atoms with Crippen LogP contribution in [0.1, 0.15) is 17.4 Å². The van der Waals surface area contributed by atoms with Crippen LogP contribution in [0.25, 0.3) is 11.3 Å². The van der Waals surface area contributed by atoms with Gasteiger partial charge in [-0.05, 0) is 25.1 Å². The van der Waals surface area contributed by atoms with E-state index in [1.54, 1.807) is 18.2 Å². The summed E-state index contributed by atoms with van der Waals surface area (Å²) in [5.74, 6) is 0.0571. The second kappa shape index (κ2) is 5.92. The summed E-state index contributed by atoms with van der Waals surface area (Å²) in [5.41, 5.74) is 0.542. The molecule has 1 aromatic carbocycles. The predicted molar refractivity (Wildman–Crippen MR) is 71.5 cm³/mol. The largest absolute Gasteiger partial charge is 0.495 e. The van der Waals surface area contributed by atoms with Crippen LogP contribution in [0.5, 0.6) is 5.75 Å². The van der Waals surface area contributed by atoms with Crippen LogP contribution in [0.15, 0.2) is 29.0 Å². The Balaban J connectivity index is 2.37. The number of amides is 1. The summed E-state index contributed by atoms with van der Waals surface area (Å²) in [4.78, 5) is 15.6. The molecule has 20 heavy (non-hydrogen) atoms. The number of benzene rings is 1. The minimum Gasteiger partial charge on any atom is -0.495 e. The van der Waals surface area contributed by atoms with Crippen molar-refractivity contribution in [3.8, 4) is 17.1 Å². The number of hydrogen-bond donors (Lipinski definition) is 1. The van der Waals surface area contributed by atoms with Crippen molar-refractivity contribution in [3.63, 3.8) is 0 Å². The normalized spacial score (nSPS) is 12.0. The summed E-state index contributed by atoms with van der Waals surface area (Å²) >= 11 is 6.02. The van der Waals surface area contributed by atoms with Crippen LogP contribution in [-0.4, -0.2) is 24.3 Å². The fourth-order valence-electron chi connectivity index (χ4n) is 1.67. The minimum atomic E-state index is -1.48. The Morgan fingerprint density at radius 2 is 2.30 bits per heavy atom. The zero-order valence-electron chi connectivity index (χ0n) is 10.8. The van der Waals surface area contributed by atoms with E-state index >= 15 is 0 Å². The molecule has 0 spiro atoms. The molecule has 1 N–H and O–H groups in total. The fourth-order valence-corrected chi connectivity index (χ4v) is 1.93. The summed E-state index contributed by atoms with van der Waals surface area (Å²) in [7, 11) is 1.50. The molecule has 7 heteroatoms. The third-order valence-corrected chi connectivity index (χ3v) is 2.82. The monoisotopic (exact) mass is 297 g/mol. The van der Waals surface area contributed by atoms with Gasteiger partial charge < -0.3 is 14.5 Å². The SMILES string of the molecule is COc1ccc(-c2ocnc2C(=O)NC(C)[18F])cc1Cl. The predicted octanol–water partition coefficient (Wildman–Crippen LogP) is 3.05. The Labute approximate surface area is 119 Å². The number of methoxy groups -OCH3 is 1. The molecule has 0 radical (unpaired) electrons. The first kappa shape index (κ1) is 14.3. The first-order valence-corrected chi connectivity index (χ1v) is 6.13. The molecule has 0 saturated heterocycles. The Hall–Kier alpha value is -2.08. The van der Waals surface area contributed by atoms with Gasteiger partial charge in [-0.15, -0.1) is 0 Å². The molecule has 106 valence electrons. The van der Waals surface area contributed by atoms with Gasteiger partial charge in [0.2, 0.25) is 0 Å². The van der Waals surface area contributed by atoms with E-state index in [4.69, 9.17) is 20.8 Å². The Bertz CT molecular complexity index is 628. The van der Waals surface area contributed by atoms with Crippen molar-refractivity contribution in [1.82, 2.24) is 10.3 Å². The van der Waals surface area contributed by atoms with Crippen molar-refractivity contribution in [3.05, 3.63) is 35.3 Å². The van der Waals surface area contributed by atoms with Gasteiger partial charge in [-0.25, -0.2) is 9.37 Å². The van der Waals surface area contributed by atoms with Crippen LogP contribution < -0.4 is 10.1 Å². The number of carbonyl (C=O) groups is 1. The third-order valence-electron chi connectivity index (χ3n) is 2.53. The van der Waals surface area contributed by atoms with E-state index in [1.165, 1.54) is 14.0 Å². The average molecular weight is 298 g/mol. The number of aromatic nitrogens is 1. The smallest absolute Gasteiger partial charge is 0.276 e. The number of hydrogen-bond acceptors (Lipinski definition) is 4. The van der Waals surface area contributed by atoms with Gasteiger partial charge in [-0.1, -0.05) is 11.6 Å². The van der Waals surface area contributed by atoms with Crippen molar-refractivity contribution in [2.45, 2.75) is 13.2 Å². The molecule has 1 aromatic heterocycles. The molecule has 0 aliphatic carbocycles. The van der Waals surface area contributed by atoms with E-state index in [2.05, 4.69) is 10.3 Å².